The van der Waals surface area contributed by atoms with E-state index in [0.29, 0.717) is 0 Å². The highest BCUT2D eigenvalue weighted by Crippen LogP contribution is 2.33. The Bertz CT molecular complexity index is 550. The Kier molecular flexibility index (Phi) is 2.47. The maximum atomic E-state index is 11.6. The molecular weight excluding hydrogens is 224 g/mol. The van der Waals surface area contributed by atoms with Crippen molar-refractivity contribution in [2.75, 3.05) is 0 Å². The van der Waals surface area contributed by atoms with Gasteiger partial charge in [0.1, 0.15) is 0 Å². The second-order valence-corrected chi connectivity index (χ2v) is 3.59. The number of imide groups is 1. The average Bonchev–Trinajstić information content (AvgIpc) is 2.53. The zero-order valence-corrected chi connectivity index (χ0v) is 8.67. The largest absolute Gasteiger partial charge is 0.292 e. The first-order valence-corrected chi connectivity index (χ1v) is 4.79. The molecule has 1 unspecified atom stereocenters. The molecule has 2 amide bonds. The van der Waals surface area contributed by atoms with E-state index < -0.39 is 22.7 Å². The van der Waals surface area contributed by atoms with Gasteiger partial charge in [-0.15, -0.1) is 0 Å². The van der Waals surface area contributed by atoms with Crippen molar-refractivity contribution in [3.8, 4) is 0 Å². The average molecular weight is 232 g/mol. The predicted molar refractivity (Wildman–Crippen MR) is 58.1 cm³/mol. The molecule has 1 heterocycles. The summed E-state index contributed by atoms with van der Waals surface area (Å²) >= 11 is 0. The predicted octanol–water partition coefficient (Wildman–Crippen LogP) is 0.891. The SMILES string of the molecule is C=C1C(=O)NC(=O)C1c1ccccc1[N+](=O)[O-]. The van der Waals surface area contributed by atoms with Crippen LogP contribution in [0.15, 0.2) is 36.4 Å². The minimum atomic E-state index is -0.968. The van der Waals surface area contributed by atoms with Gasteiger partial charge in [-0.05, 0) is 0 Å². The highest BCUT2D eigenvalue weighted by Gasteiger charge is 2.39. The molecular formula is C11H8N2O4. The molecule has 1 N–H and O–H groups in total. The van der Waals surface area contributed by atoms with Crippen molar-refractivity contribution in [3.05, 3.63) is 52.1 Å². The molecule has 0 bridgehead atoms. The molecule has 0 aliphatic carbocycles. The number of carbonyl (C=O) groups is 2. The van der Waals surface area contributed by atoms with Crippen molar-refractivity contribution < 1.29 is 14.5 Å². The Labute approximate surface area is 96.1 Å². The van der Waals surface area contributed by atoms with Crippen LogP contribution in [0.5, 0.6) is 0 Å². The summed E-state index contributed by atoms with van der Waals surface area (Å²) in [5.74, 6) is -2.13. The van der Waals surface area contributed by atoms with E-state index in [0.717, 1.165) is 0 Å². The van der Waals surface area contributed by atoms with E-state index in [-0.39, 0.29) is 16.8 Å². The molecule has 0 saturated carbocycles. The number of nitro groups is 1. The van der Waals surface area contributed by atoms with Gasteiger partial charge >= 0.3 is 0 Å². The summed E-state index contributed by atoms with van der Waals surface area (Å²) in [5, 5.41) is 12.9. The molecule has 6 heteroatoms. The molecule has 86 valence electrons. The quantitative estimate of drug-likeness (QED) is 0.355. The second kappa shape index (κ2) is 3.82. The molecule has 0 spiro atoms. The number of amides is 2. The van der Waals surface area contributed by atoms with Crippen LogP contribution in [0.3, 0.4) is 0 Å². The maximum absolute atomic E-state index is 11.6. The van der Waals surface area contributed by atoms with E-state index in [9.17, 15) is 19.7 Å². The van der Waals surface area contributed by atoms with Crippen LogP contribution in [0.25, 0.3) is 0 Å². The summed E-state index contributed by atoms with van der Waals surface area (Å²) in [6.45, 7) is 3.49. The van der Waals surface area contributed by atoms with E-state index in [1.54, 1.807) is 6.07 Å². The fourth-order valence-corrected chi connectivity index (χ4v) is 1.78. The van der Waals surface area contributed by atoms with Gasteiger partial charge in [-0.1, -0.05) is 24.8 Å². The molecule has 1 fully saturated rings. The van der Waals surface area contributed by atoms with Gasteiger partial charge in [-0.2, -0.15) is 0 Å². The van der Waals surface area contributed by atoms with E-state index in [1.165, 1.54) is 18.2 Å². The first-order valence-electron chi connectivity index (χ1n) is 4.79. The lowest BCUT2D eigenvalue weighted by atomic mass is 9.93. The van der Waals surface area contributed by atoms with Crippen LogP contribution in [-0.2, 0) is 9.59 Å². The van der Waals surface area contributed by atoms with Gasteiger partial charge in [0.25, 0.3) is 11.6 Å². The number of para-hydroxylation sites is 1. The summed E-state index contributed by atoms with van der Waals surface area (Å²) in [5.41, 5.74) is 0.0265. The lowest BCUT2D eigenvalue weighted by molar-refractivity contribution is -0.385. The zero-order valence-electron chi connectivity index (χ0n) is 8.67. The first-order chi connectivity index (χ1) is 8.02. The Morgan fingerprint density at radius 2 is 1.94 bits per heavy atom. The molecule has 1 aromatic rings. The highest BCUT2D eigenvalue weighted by molar-refractivity contribution is 6.17. The number of hydrogen-bond acceptors (Lipinski definition) is 4. The Morgan fingerprint density at radius 3 is 2.47 bits per heavy atom. The number of nitrogens with one attached hydrogen (secondary N) is 1. The molecule has 1 aromatic carbocycles. The Morgan fingerprint density at radius 1 is 1.29 bits per heavy atom. The molecule has 1 saturated heterocycles. The van der Waals surface area contributed by atoms with Crippen LogP contribution in [0.1, 0.15) is 11.5 Å². The fourth-order valence-electron chi connectivity index (χ4n) is 1.78. The second-order valence-electron chi connectivity index (χ2n) is 3.59. The monoisotopic (exact) mass is 232 g/mol. The minimum Gasteiger partial charge on any atom is -0.292 e. The number of benzene rings is 1. The van der Waals surface area contributed by atoms with Crippen molar-refractivity contribution in [2.45, 2.75) is 5.92 Å². The van der Waals surface area contributed by atoms with E-state index in [4.69, 9.17) is 0 Å². The van der Waals surface area contributed by atoms with E-state index in [2.05, 4.69) is 11.9 Å². The number of nitro benzene ring substituents is 1. The van der Waals surface area contributed by atoms with Crippen LogP contribution in [-0.4, -0.2) is 16.7 Å². The van der Waals surface area contributed by atoms with Gasteiger partial charge in [0, 0.05) is 17.2 Å². The van der Waals surface area contributed by atoms with Crippen LogP contribution >= 0.6 is 0 Å². The van der Waals surface area contributed by atoms with Gasteiger partial charge in [-0.25, -0.2) is 0 Å². The summed E-state index contributed by atoms with van der Waals surface area (Å²) in [7, 11) is 0. The molecule has 1 aliphatic heterocycles. The fraction of sp³-hybridized carbons (Fsp3) is 0.0909. The van der Waals surface area contributed by atoms with Crippen molar-refractivity contribution in [1.82, 2.24) is 5.32 Å². The van der Waals surface area contributed by atoms with Crippen LogP contribution in [0.4, 0.5) is 5.69 Å². The smallest absolute Gasteiger partial charge is 0.273 e. The van der Waals surface area contributed by atoms with Crippen molar-refractivity contribution >= 4 is 17.5 Å². The molecule has 0 aromatic heterocycles. The Hall–Kier alpha value is -2.50. The van der Waals surface area contributed by atoms with Gasteiger partial charge in [-0.3, -0.25) is 25.0 Å². The van der Waals surface area contributed by atoms with Gasteiger partial charge in [0.2, 0.25) is 5.91 Å². The normalized spacial score (nSPS) is 19.3. The highest BCUT2D eigenvalue weighted by atomic mass is 16.6. The molecule has 2 rings (SSSR count). The summed E-state index contributed by atoms with van der Waals surface area (Å²) in [6, 6.07) is 5.82. The molecule has 1 aliphatic rings. The molecule has 0 radical (unpaired) electrons. The number of rotatable bonds is 2. The van der Waals surface area contributed by atoms with Crippen molar-refractivity contribution in [2.24, 2.45) is 0 Å². The topological polar surface area (TPSA) is 89.3 Å². The minimum absolute atomic E-state index is 0.0318. The van der Waals surface area contributed by atoms with E-state index >= 15 is 0 Å². The lowest BCUT2D eigenvalue weighted by Crippen LogP contribution is -2.21. The first kappa shape index (κ1) is 11.0. The Balaban J connectivity index is 2.55. The molecule has 6 nitrogen and oxygen atoms in total. The summed E-state index contributed by atoms with van der Waals surface area (Å²) in [4.78, 5) is 33.1. The number of hydrogen-bond donors (Lipinski definition) is 1. The van der Waals surface area contributed by atoms with Crippen molar-refractivity contribution in [3.63, 3.8) is 0 Å². The zero-order chi connectivity index (χ0) is 12.6. The number of carbonyl (C=O) groups excluding carboxylic acids is 2. The molecule has 17 heavy (non-hydrogen) atoms. The molecule has 1 atom stereocenters. The van der Waals surface area contributed by atoms with Crippen molar-refractivity contribution in [1.29, 1.82) is 0 Å². The summed E-state index contributed by atoms with van der Waals surface area (Å²) < 4.78 is 0. The van der Waals surface area contributed by atoms with E-state index in [1.807, 2.05) is 0 Å². The van der Waals surface area contributed by atoms with Gasteiger partial charge < -0.3 is 0 Å². The maximum Gasteiger partial charge on any atom is 0.273 e. The van der Waals surface area contributed by atoms with Crippen LogP contribution in [0.2, 0.25) is 0 Å². The third-order valence-corrected chi connectivity index (χ3v) is 2.58. The van der Waals surface area contributed by atoms with Gasteiger partial charge in [0.15, 0.2) is 0 Å². The third-order valence-electron chi connectivity index (χ3n) is 2.58. The van der Waals surface area contributed by atoms with Crippen LogP contribution < -0.4 is 5.32 Å². The van der Waals surface area contributed by atoms with Crippen LogP contribution in [0, 0.1) is 10.1 Å². The summed E-state index contributed by atoms with van der Waals surface area (Å²) in [6.07, 6.45) is 0. The number of nitrogens with zero attached hydrogens (tertiary/aromatic N) is 1. The standard InChI is InChI=1S/C11H8N2O4/c1-6-9(11(15)12-10(6)14)7-4-2-3-5-8(7)13(16)17/h2-5,9H,1H2,(H,12,14,15). The van der Waals surface area contributed by atoms with Gasteiger partial charge in [0.05, 0.1) is 10.8 Å². The third kappa shape index (κ3) is 1.69. The lowest BCUT2D eigenvalue weighted by Gasteiger charge is -2.07.